The normalized spacial score (nSPS) is 11.3. The molecule has 3 aromatic heterocycles. The third kappa shape index (κ3) is 4.64. The second-order valence-corrected chi connectivity index (χ2v) is 8.53. The molecule has 0 fully saturated rings. The van der Waals surface area contributed by atoms with Crippen LogP contribution in [0.25, 0.3) is 5.82 Å². The SMILES string of the molecule is Cc1ccc(SCc2c(C(=O)NN=Cc3sccc3C)nnn2-c2nonc2N)cc1. The molecule has 0 unspecified atom stereocenters. The first kappa shape index (κ1) is 20.8. The van der Waals surface area contributed by atoms with E-state index in [1.54, 1.807) is 6.21 Å². The summed E-state index contributed by atoms with van der Waals surface area (Å²) < 4.78 is 6.03. The van der Waals surface area contributed by atoms with E-state index in [9.17, 15) is 4.79 Å². The van der Waals surface area contributed by atoms with E-state index in [-0.39, 0.29) is 17.3 Å². The van der Waals surface area contributed by atoms with Crippen LogP contribution in [0, 0.1) is 13.8 Å². The summed E-state index contributed by atoms with van der Waals surface area (Å²) in [6.07, 6.45) is 1.60. The molecule has 0 aliphatic heterocycles. The number of nitrogens with one attached hydrogen (secondary N) is 1. The van der Waals surface area contributed by atoms with Crippen molar-refractivity contribution in [2.45, 2.75) is 24.5 Å². The number of aryl methyl sites for hydroxylation is 2. The topological polar surface area (TPSA) is 137 Å². The summed E-state index contributed by atoms with van der Waals surface area (Å²) >= 11 is 3.06. The van der Waals surface area contributed by atoms with Gasteiger partial charge in [-0.3, -0.25) is 4.79 Å². The number of hydrogen-bond donors (Lipinski definition) is 2. The highest BCUT2D eigenvalue weighted by Crippen LogP contribution is 2.26. The summed E-state index contributed by atoms with van der Waals surface area (Å²) in [5.41, 5.74) is 11.2. The minimum atomic E-state index is -0.494. The monoisotopic (exact) mass is 454 g/mol. The number of amides is 1. The van der Waals surface area contributed by atoms with Crippen LogP contribution in [0.15, 0.2) is 50.3 Å². The van der Waals surface area contributed by atoms with Gasteiger partial charge in [0.25, 0.3) is 5.91 Å². The van der Waals surface area contributed by atoms with Gasteiger partial charge in [0.2, 0.25) is 11.6 Å². The van der Waals surface area contributed by atoms with Gasteiger partial charge in [-0.1, -0.05) is 22.9 Å². The Balaban J connectivity index is 1.59. The van der Waals surface area contributed by atoms with Crippen molar-refractivity contribution in [3.63, 3.8) is 0 Å². The number of hydrazone groups is 1. The second-order valence-electron chi connectivity index (χ2n) is 6.54. The van der Waals surface area contributed by atoms with Gasteiger partial charge < -0.3 is 5.73 Å². The number of carbonyl (C=O) groups excluding carboxylic acids is 1. The van der Waals surface area contributed by atoms with Gasteiger partial charge in [0.1, 0.15) is 0 Å². The zero-order valence-corrected chi connectivity index (χ0v) is 18.3. The predicted octanol–water partition coefficient (Wildman–Crippen LogP) is 2.97. The van der Waals surface area contributed by atoms with Gasteiger partial charge in [-0.25, -0.2) is 10.1 Å². The van der Waals surface area contributed by atoms with E-state index in [1.165, 1.54) is 27.8 Å². The van der Waals surface area contributed by atoms with Gasteiger partial charge in [-0.05, 0) is 53.3 Å². The summed E-state index contributed by atoms with van der Waals surface area (Å²) in [5, 5.41) is 21.4. The Labute approximate surface area is 185 Å². The lowest BCUT2D eigenvalue weighted by molar-refractivity contribution is 0.0949. The zero-order chi connectivity index (χ0) is 21.8. The minimum Gasteiger partial charge on any atom is -0.378 e. The summed E-state index contributed by atoms with van der Waals surface area (Å²) in [6.45, 7) is 4.00. The summed E-state index contributed by atoms with van der Waals surface area (Å²) in [7, 11) is 0. The molecule has 31 heavy (non-hydrogen) atoms. The Morgan fingerprint density at radius 1 is 1.29 bits per heavy atom. The quantitative estimate of drug-likeness (QED) is 0.247. The van der Waals surface area contributed by atoms with Crippen LogP contribution in [0.4, 0.5) is 5.82 Å². The molecule has 0 aliphatic carbocycles. The minimum absolute atomic E-state index is 0.0460. The Hall–Kier alpha value is -3.51. The number of nitrogens with zero attached hydrogens (tertiary/aromatic N) is 6. The largest absolute Gasteiger partial charge is 0.378 e. The maximum atomic E-state index is 12.8. The van der Waals surface area contributed by atoms with E-state index in [0.29, 0.717) is 11.4 Å². The van der Waals surface area contributed by atoms with Crippen molar-refractivity contribution in [3.8, 4) is 5.82 Å². The molecule has 12 heteroatoms. The van der Waals surface area contributed by atoms with Crippen LogP contribution in [0.2, 0.25) is 0 Å². The first-order chi connectivity index (χ1) is 15.0. The summed E-state index contributed by atoms with van der Waals surface area (Å²) in [6, 6.07) is 10.0. The molecule has 0 bridgehead atoms. The van der Waals surface area contributed by atoms with E-state index in [2.05, 4.69) is 35.8 Å². The molecule has 3 heterocycles. The molecular weight excluding hydrogens is 436 g/mol. The maximum Gasteiger partial charge on any atom is 0.293 e. The van der Waals surface area contributed by atoms with Crippen LogP contribution in [0.3, 0.4) is 0 Å². The first-order valence-electron chi connectivity index (χ1n) is 9.13. The molecule has 158 valence electrons. The van der Waals surface area contributed by atoms with Gasteiger partial charge in [-0.2, -0.15) is 9.78 Å². The van der Waals surface area contributed by atoms with E-state index < -0.39 is 5.91 Å². The lowest BCUT2D eigenvalue weighted by atomic mass is 10.2. The molecular formula is C19H18N8O2S2. The first-order valence-corrected chi connectivity index (χ1v) is 11.0. The fraction of sp³-hybridized carbons (Fsp3) is 0.158. The Kier molecular flexibility index (Phi) is 6.09. The average molecular weight is 455 g/mol. The summed E-state index contributed by atoms with van der Waals surface area (Å²) in [4.78, 5) is 14.8. The van der Waals surface area contributed by atoms with E-state index in [4.69, 9.17) is 5.73 Å². The van der Waals surface area contributed by atoms with Gasteiger partial charge in [0, 0.05) is 15.5 Å². The van der Waals surface area contributed by atoms with Crippen molar-refractivity contribution < 1.29 is 9.42 Å². The molecule has 0 atom stereocenters. The molecule has 4 aromatic rings. The zero-order valence-electron chi connectivity index (χ0n) is 16.6. The Morgan fingerprint density at radius 2 is 2.10 bits per heavy atom. The van der Waals surface area contributed by atoms with Crippen LogP contribution < -0.4 is 11.2 Å². The fourth-order valence-corrected chi connectivity index (χ4v) is 4.30. The molecule has 0 saturated carbocycles. The van der Waals surface area contributed by atoms with Crippen molar-refractivity contribution in [3.05, 3.63) is 63.1 Å². The molecule has 1 amide bonds. The van der Waals surface area contributed by atoms with Crippen molar-refractivity contribution in [2.24, 2.45) is 5.10 Å². The number of aromatic nitrogens is 5. The molecule has 4 rings (SSSR count). The number of rotatable bonds is 7. The predicted molar refractivity (Wildman–Crippen MR) is 118 cm³/mol. The number of thioether (sulfide) groups is 1. The van der Waals surface area contributed by atoms with E-state index >= 15 is 0 Å². The number of carbonyl (C=O) groups is 1. The van der Waals surface area contributed by atoms with Crippen LogP contribution in [0.5, 0.6) is 0 Å². The maximum absolute atomic E-state index is 12.8. The number of anilines is 1. The molecule has 1 aromatic carbocycles. The van der Waals surface area contributed by atoms with E-state index in [1.807, 2.05) is 49.6 Å². The number of benzene rings is 1. The number of hydrogen-bond acceptors (Lipinski definition) is 10. The lowest BCUT2D eigenvalue weighted by Gasteiger charge is -2.06. The van der Waals surface area contributed by atoms with Crippen LogP contribution in [0.1, 0.15) is 32.2 Å². The fourth-order valence-electron chi connectivity index (χ4n) is 2.62. The molecule has 10 nitrogen and oxygen atoms in total. The number of nitrogens with two attached hydrogens (primary N) is 1. The number of nitrogen functional groups attached to an aromatic ring is 1. The third-order valence-corrected chi connectivity index (χ3v) is 6.30. The highest BCUT2D eigenvalue weighted by Gasteiger charge is 2.24. The average Bonchev–Trinajstić information content (AvgIpc) is 3.47. The van der Waals surface area contributed by atoms with Crippen molar-refractivity contribution in [1.29, 1.82) is 0 Å². The van der Waals surface area contributed by atoms with Gasteiger partial charge >= 0.3 is 0 Å². The highest BCUT2D eigenvalue weighted by atomic mass is 32.2. The molecule has 0 radical (unpaired) electrons. The van der Waals surface area contributed by atoms with Gasteiger partial charge in [0.05, 0.1) is 11.9 Å². The molecule has 0 aliphatic rings. The van der Waals surface area contributed by atoms with Crippen LogP contribution in [-0.2, 0) is 5.75 Å². The second kappa shape index (κ2) is 9.10. The van der Waals surface area contributed by atoms with E-state index in [0.717, 1.165) is 20.9 Å². The van der Waals surface area contributed by atoms with Crippen molar-refractivity contribution >= 4 is 41.0 Å². The van der Waals surface area contributed by atoms with Gasteiger partial charge in [-0.15, -0.1) is 28.2 Å². The van der Waals surface area contributed by atoms with Crippen molar-refractivity contribution in [2.75, 3.05) is 5.73 Å². The van der Waals surface area contributed by atoms with Gasteiger partial charge in [0.15, 0.2) is 5.69 Å². The van der Waals surface area contributed by atoms with Crippen LogP contribution in [-0.4, -0.2) is 37.4 Å². The molecule has 0 spiro atoms. The standard InChI is InChI=1S/C19H18N8O2S2/c1-11-3-5-13(6-4-11)31-10-14-16(22-26-27(14)18-17(20)24-29-25-18)19(28)23-21-9-15-12(2)7-8-30-15/h3-9H,10H2,1-2H3,(H2,20,24)(H,23,28). The molecule has 3 N–H and O–H groups in total. The Bertz CT molecular complexity index is 1230. The Morgan fingerprint density at radius 3 is 2.77 bits per heavy atom. The summed E-state index contributed by atoms with van der Waals surface area (Å²) in [5.74, 6) is 0.110. The third-order valence-electron chi connectivity index (χ3n) is 4.32. The lowest BCUT2D eigenvalue weighted by Crippen LogP contribution is -2.20. The smallest absolute Gasteiger partial charge is 0.293 e. The number of thiophene rings is 1. The van der Waals surface area contributed by atoms with Crippen LogP contribution >= 0.6 is 23.1 Å². The molecule has 0 saturated heterocycles. The van der Waals surface area contributed by atoms with Crippen molar-refractivity contribution in [1.82, 2.24) is 30.7 Å². The highest BCUT2D eigenvalue weighted by molar-refractivity contribution is 7.98.